The van der Waals surface area contributed by atoms with E-state index in [2.05, 4.69) is 16.0 Å². The van der Waals surface area contributed by atoms with E-state index in [1.165, 1.54) is 0 Å². The van der Waals surface area contributed by atoms with Crippen molar-refractivity contribution in [2.75, 3.05) is 6.54 Å². The number of carbonyl (C=O) groups is 6. The number of aliphatic carboxylic acids is 3. The number of amides is 3. The highest BCUT2D eigenvalue weighted by Crippen LogP contribution is 2.09. The molecular formula is C21H37N5O9. The maximum absolute atomic E-state index is 13.0. The van der Waals surface area contributed by atoms with E-state index in [9.17, 15) is 33.9 Å². The maximum Gasteiger partial charge on any atom is 0.326 e. The lowest BCUT2D eigenvalue weighted by atomic mass is 10.0. The molecule has 0 rings (SSSR count). The second-order valence-corrected chi connectivity index (χ2v) is 8.57. The number of carbonyl (C=O) groups excluding carboxylic acids is 3. The SMILES string of the molecule is CC(C)CC(NC(=O)C(N)CC(=O)O)C(=O)NC(CCCCN)C(=O)NC(CCC(=O)O)C(=O)O. The summed E-state index contributed by atoms with van der Waals surface area (Å²) in [6.45, 7) is 3.90. The summed E-state index contributed by atoms with van der Waals surface area (Å²) >= 11 is 0. The fourth-order valence-corrected chi connectivity index (χ4v) is 3.09. The Bertz CT molecular complexity index is 759. The molecule has 14 heteroatoms. The zero-order valence-electron chi connectivity index (χ0n) is 20.0. The summed E-state index contributed by atoms with van der Waals surface area (Å²) in [7, 11) is 0. The van der Waals surface area contributed by atoms with Crippen LogP contribution in [0.4, 0.5) is 0 Å². The number of unbranched alkanes of at least 4 members (excludes halogenated alkanes) is 1. The molecule has 0 aromatic rings. The van der Waals surface area contributed by atoms with E-state index in [0.29, 0.717) is 19.4 Å². The Kier molecular flexibility index (Phi) is 14.9. The first-order valence-electron chi connectivity index (χ1n) is 11.3. The summed E-state index contributed by atoms with van der Waals surface area (Å²) in [6.07, 6.45) is -0.262. The number of carboxylic acids is 3. The molecule has 4 atom stereocenters. The van der Waals surface area contributed by atoms with Crippen molar-refractivity contribution in [3.8, 4) is 0 Å². The van der Waals surface area contributed by atoms with Crippen LogP contribution in [0.15, 0.2) is 0 Å². The summed E-state index contributed by atoms with van der Waals surface area (Å²) in [4.78, 5) is 71.0. The zero-order valence-corrected chi connectivity index (χ0v) is 20.0. The molecule has 0 aromatic carbocycles. The fourth-order valence-electron chi connectivity index (χ4n) is 3.09. The lowest BCUT2D eigenvalue weighted by Crippen LogP contribution is -2.57. The van der Waals surface area contributed by atoms with Gasteiger partial charge in [0.15, 0.2) is 0 Å². The van der Waals surface area contributed by atoms with Crippen LogP contribution in [0.1, 0.15) is 58.8 Å². The summed E-state index contributed by atoms with van der Waals surface area (Å²) in [5, 5.41) is 34.1. The van der Waals surface area contributed by atoms with E-state index < -0.39 is 72.6 Å². The molecule has 10 N–H and O–H groups in total. The van der Waals surface area contributed by atoms with Gasteiger partial charge in [0.25, 0.3) is 0 Å². The van der Waals surface area contributed by atoms with Gasteiger partial charge in [0.05, 0.1) is 12.5 Å². The molecule has 0 spiro atoms. The lowest BCUT2D eigenvalue weighted by Gasteiger charge is -2.26. The number of nitrogens with two attached hydrogens (primary N) is 2. The Balaban J connectivity index is 5.54. The van der Waals surface area contributed by atoms with E-state index >= 15 is 0 Å². The van der Waals surface area contributed by atoms with Crippen molar-refractivity contribution in [1.82, 2.24) is 16.0 Å². The largest absolute Gasteiger partial charge is 0.481 e. The Morgan fingerprint density at radius 1 is 0.743 bits per heavy atom. The molecule has 0 heterocycles. The van der Waals surface area contributed by atoms with Gasteiger partial charge in [-0.2, -0.15) is 0 Å². The number of hydrogen-bond acceptors (Lipinski definition) is 8. The van der Waals surface area contributed by atoms with Gasteiger partial charge in [-0.1, -0.05) is 13.8 Å². The second-order valence-electron chi connectivity index (χ2n) is 8.57. The molecular weight excluding hydrogens is 466 g/mol. The van der Waals surface area contributed by atoms with Crippen LogP contribution in [0.2, 0.25) is 0 Å². The van der Waals surface area contributed by atoms with Crippen molar-refractivity contribution in [3.63, 3.8) is 0 Å². The fraction of sp³-hybridized carbons (Fsp3) is 0.714. The minimum Gasteiger partial charge on any atom is -0.481 e. The van der Waals surface area contributed by atoms with Crippen molar-refractivity contribution < 1.29 is 44.1 Å². The summed E-state index contributed by atoms with van der Waals surface area (Å²) in [5.74, 6) is -6.43. The van der Waals surface area contributed by atoms with E-state index in [-0.39, 0.29) is 25.2 Å². The molecule has 0 saturated carbocycles. The van der Waals surface area contributed by atoms with Crippen molar-refractivity contribution in [1.29, 1.82) is 0 Å². The summed E-state index contributed by atoms with van der Waals surface area (Å²) in [6, 6.07) is -5.17. The van der Waals surface area contributed by atoms with Crippen molar-refractivity contribution in [2.45, 2.75) is 83.0 Å². The summed E-state index contributed by atoms with van der Waals surface area (Å²) < 4.78 is 0. The van der Waals surface area contributed by atoms with Crippen molar-refractivity contribution >= 4 is 35.6 Å². The molecule has 3 amide bonds. The third-order valence-corrected chi connectivity index (χ3v) is 4.91. The predicted molar refractivity (Wildman–Crippen MR) is 123 cm³/mol. The molecule has 4 unspecified atom stereocenters. The van der Waals surface area contributed by atoms with Crippen molar-refractivity contribution in [2.24, 2.45) is 17.4 Å². The van der Waals surface area contributed by atoms with Crippen molar-refractivity contribution in [3.05, 3.63) is 0 Å². The molecule has 0 aliphatic rings. The van der Waals surface area contributed by atoms with Crippen LogP contribution in [0.3, 0.4) is 0 Å². The highest BCUT2D eigenvalue weighted by molar-refractivity contribution is 5.94. The molecule has 0 aliphatic heterocycles. The van der Waals surface area contributed by atoms with Crippen LogP contribution in [0.5, 0.6) is 0 Å². The number of rotatable bonds is 18. The monoisotopic (exact) mass is 503 g/mol. The first-order valence-corrected chi connectivity index (χ1v) is 11.3. The van der Waals surface area contributed by atoms with Gasteiger partial charge in [0.2, 0.25) is 17.7 Å². The third kappa shape index (κ3) is 13.9. The molecule has 0 radical (unpaired) electrons. The zero-order chi connectivity index (χ0) is 27.1. The van der Waals surface area contributed by atoms with Gasteiger partial charge < -0.3 is 42.7 Å². The molecule has 200 valence electrons. The van der Waals surface area contributed by atoms with E-state index in [1.807, 2.05) is 0 Å². The molecule has 0 saturated heterocycles. The highest BCUT2D eigenvalue weighted by atomic mass is 16.4. The highest BCUT2D eigenvalue weighted by Gasteiger charge is 2.31. The van der Waals surface area contributed by atoms with Gasteiger partial charge in [-0.25, -0.2) is 4.79 Å². The third-order valence-electron chi connectivity index (χ3n) is 4.91. The number of hydrogen-bond donors (Lipinski definition) is 8. The summed E-state index contributed by atoms with van der Waals surface area (Å²) in [5.41, 5.74) is 11.0. The smallest absolute Gasteiger partial charge is 0.326 e. The molecule has 0 aromatic heterocycles. The van der Waals surface area contributed by atoms with Gasteiger partial charge in [0, 0.05) is 6.42 Å². The van der Waals surface area contributed by atoms with E-state index in [1.54, 1.807) is 13.8 Å². The standard InChI is InChI=1S/C21H37N5O9/c1-11(2)9-15(26-18(31)12(23)10-17(29)30)20(33)24-13(5-3-4-8-22)19(32)25-14(21(34)35)6-7-16(27)28/h11-15H,3-10,22-23H2,1-2H3,(H,24,33)(H,25,32)(H,26,31)(H,27,28)(H,29,30)(H,34,35). The van der Waals surface area contributed by atoms with Crippen LogP contribution in [0.25, 0.3) is 0 Å². The normalized spacial score (nSPS) is 14.3. The predicted octanol–water partition coefficient (Wildman–Crippen LogP) is -1.63. The van der Waals surface area contributed by atoms with Crippen LogP contribution >= 0.6 is 0 Å². The average Bonchev–Trinajstić information content (AvgIpc) is 2.73. The molecule has 0 fully saturated rings. The van der Waals surface area contributed by atoms with E-state index in [0.717, 1.165) is 0 Å². The van der Waals surface area contributed by atoms with Crippen LogP contribution in [-0.2, 0) is 28.8 Å². The Morgan fingerprint density at radius 2 is 1.29 bits per heavy atom. The minimum atomic E-state index is -1.48. The number of nitrogens with one attached hydrogen (secondary N) is 3. The van der Waals surface area contributed by atoms with Crippen LogP contribution in [0, 0.1) is 5.92 Å². The Morgan fingerprint density at radius 3 is 1.77 bits per heavy atom. The lowest BCUT2D eigenvalue weighted by molar-refractivity contribution is -0.143. The maximum atomic E-state index is 13.0. The van der Waals surface area contributed by atoms with Crippen LogP contribution < -0.4 is 27.4 Å². The quantitative estimate of drug-likeness (QED) is 0.0985. The second kappa shape index (κ2) is 16.4. The van der Waals surface area contributed by atoms with Crippen LogP contribution in [-0.4, -0.2) is 81.7 Å². The average molecular weight is 504 g/mol. The molecule has 0 aliphatic carbocycles. The van der Waals surface area contributed by atoms with E-state index in [4.69, 9.17) is 21.7 Å². The van der Waals surface area contributed by atoms with Gasteiger partial charge in [0.1, 0.15) is 18.1 Å². The first kappa shape index (κ1) is 31.7. The van der Waals surface area contributed by atoms with Gasteiger partial charge in [-0.3, -0.25) is 24.0 Å². The molecule has 35 heavy (non-hydrogen) atoms. The molecule has 14 nitrogen and oxygen atoms in total. The van der Waals surface area contributed by atoms with Gasteiger partial charge in [-0.15, -0.1) is 0 Å². The topological polar surface area (TPSA) is 251 Å². The Labute approximate surface area is 203 Å². The van der Waals surface area contributed by atoms with Gasteiger partial charge >= 0.3 is 17.9 Å². The molecule has 0 bridgehead atoms. The first-order chi connectivity index (χ1) is 16.3. The minimum absolute atomic E-state index is 0.0707. The number of carboxylic acid groups (broad SMARTS) is 3. The Hall–Kier alpha value is -3.26. The van der Waals surface area contributed by atoms with Gasteiger partial charge in [-0.05, 0) is 44.6 Å².